The lowest BCUT2D eigenvalue weighted by atomic mass is 9.76. The highest BCUT2D eigenvalue weighted by atomic mass is 14.5. The first-order valence-electron chi connectivity index (χ1n) is 7.11. The van der Waals surface area contributed by atoms with Crippen LogP contribution in [0.25, 0.3) is 0 Å². The molecule has 0 radical (unpaired) electrons. The van der Waals surface area contributed by atoms with Crippen LogP contribution in [0.3, 0.4) is 0 Å². The Hall–Kier alpha value is -0.820. The summed E-state index contributed by atoms with van der Waals surface area (Å²) in [5.41, 5.74) is 8.72. The summed E-state index contributed by atoms with van der Waals surface area (Å²) in [5.74, 6) is 1.60. The van der Waals surface area contributed by atoms with E-state index in [-0.39, 0.29) is 0 Å². The molecule has 1 atom stereocenters. The minimum Gasteiger partial charge on any atom is -0.330 e. The van der Waals surface area contributed by atoms with E-state index < -0.39 is 0 Å². The lowest BCUT2D eigenvalue weighted by Crippen LogP contribution is -2.16. The van der Waals surface area contributed by atoms with Gasteiger partial charge in [0.1, 0.15) is 0 Å². The van der Waals surface area contributed by atoms with E-state index in [0.717, 1.165) is 18.9 Å². The molecule has 1 aromatic rings. The Bertz CT molecular complexity index is 339. The molecule has 0 bridgehead atoms. The van der Waals surface area contributed by atoms with Crippen molar-refractivity contribution in [2.75, 3.05) is 6.54 Å². The Morgan fingerprint density at radius 2 is 1.88 bits per heavy atom. The van der Waals surface area contributed by atoms with Crippen molar-refractivity contribution in [1.82, 2.24) is 0 Å². The molecular weight excluding hydrogens is 206 g/mol. The number of benzene rings is 1. The number of hydrogen-bond acceptors (Lipinski definition) is 1. The van der Waals surface area contributed by atoms with Crippen LogP contribution in [-0.2, 0) is 6.42 Å². The third-order valence-electron chi connectivity index (χ3n) is 4.32. The lowest BCUT2D eigenvalue weighted by molar-refractivity contribution is 0.315. The van der Waals surface area contributed by atoms with E-state index in [1.807, 2.05) is 0 Å². The van der Waals surface area contributed by atoms with E-state index in [9.17, 15) is 0 Å². The maximum Gasteiger partial charge on any atom is -0.00366 e. The summed E-state index contributed by atoms with van der Waals surface area (Å²) in [6, 6.07) is 8.88. The Morgan fingerprint density at radius 3 is 2.59 bits per heavy atom. The van der Waals surface area contributed by atoms with Gasteiger partial charge in [0.15, 0.2) is 0 Å². The average molecular weight is 231 g/mol. The summed E-state index contributed by atoms with van der Waals surface area (Å²) >= 11 is 0. The van der Waals surface area contributed by atoms with E-state index in [1.165, 1.54) is 37.7 Å². The molecule has 1 aliphatic carbocycles. The third-order valence-corrected chi connectivity index (χ3v) is 4.32. The fourth-order valence-electron chi connectivity index (χ4n) is 3.25. The van der Waals surface area contributed by atoms with Crippen LogP contribution in [0.5, 0.6) is 0 Å². The van der Waals surface area contributed by atoms with Gasteiger partial charge in [-0.2, -0.15) is 0 Å². The Morgan fingerprint density at radius 1 is 1.18 bits per heavy atom. The molecule has 2 rings (SSSR count). The Kier molecular flexibility index (Phi) is 4.61. The van der Waals surface area contributed by atoms with E-state index in [2.05, 4.69) is 31.2 Å². The normalized spacial score (nSPS) is 19.2. The van der Waals surface area contributed by atoms with Crippen LogP contribution in [0.4, 0.5) is 0 Å². The summed E-state index contributed by atoms with van der Waals surface area (Å²) in [6.07, 6.45) is 8.14. The molecule has 0 heterocycles. The van der Waals surface area contributed by atoms with Crippen molar-refractivity contribution in [3.8, 4) is 0 Å². The summed E-state index contributed by atoms with van der Waals surface area (Å²) < 4.78 is 0. The maximum absolute atomic E-state index is 5.71. The molecule has 94 valence electrons. The van der Waals surface area contributed by atoms with Gasteiger partial charge in [-0.05, 0) is 48.8 Å². The summed E-state index contributed by atoms with van der Waals surface area (Å²) in [6.45, 7) is 3.17. The first kappa shape index (κ1) is 12.6. The number of hydrogen-bond donors (Lipinski definition) is 1. The van der Waals surface area contributed by atoms with Gasteiger partial charge in [-0.1, -0.05) is 50.5 Å². The molecule has 1 saturated carbocycles. The molecule has 17 heavy (non-hydrogen) atoms. The minimum absolute atomic E-state index is 0.707. The standard InChI is InChI=1S/C16H25N/c1-13(14-7-3-2-4-8-14)16-10-6-5-9-15(16)11-12-17/h5-6,9-10,13-14H,2-4,7-8,11-12,17H2,1H3. The quantitative estimate of drug-likeness (QED) is 0.836. The second-order valence-electron chi connectivity index (χ2n) is 5.42. The van der Waals surface area contributed by atoms with E-state index in [0.29, 0.717) is 5.92 Å². The van der Waals surface area contributed by atoms with Crippen LogP contribution >= 0.6 is 0 Å². The number of nitrogens with two attached hydrogens (primary N) is 1. The summed E-state index contributed by atoms with van der Waals surface area (Å²) in [5, 5.41) is 0. The summed E-state index contributed by atoms with van der Waals surface area (Å²) in [4.78, 5) is 0. The van der Waals surface area contributed by atoms with Crippen molar-refractivity contribution in [2.45, 2.75) is 51.4 Å². The zero-order valence-electron chi connectivity index (χ0n) is 11.0. The molecule has 1 heteroatoms. The van der Waals surface area contributed by atoms with Crippen molar-refractivity contribution in [3.63, 3.8) is 0 Å². The minimum atomic E-state index is 0.707. The lowest BCUT2D eigenvalue weighted by Gasteiger charge is -2.29. The van der Waals surface area contributed by atoms with Crippen LogP contribution in [0, 0.1) is 5.92 Å². The van der Waals surface area contributed by atoms with Crippen molar-refractivity contribution < 1.29 is 0 Å². The molecule has 0 aromatic heterocycles. The maximum atomic E-state index is 5.71. The fourth-order valence-corrected chi connectivity index (χ4v) is 3.25. The van der Waals surface area contributed by atoms with Crippen LogP contribution in [0.1, 0.15) is 56.1 Å². The molecule has 1 fully saturated rings. The van der Waals surface area contributed by atoms with Gasteiger partial charge in [0, 0.05) is 0 Å². The molecule has 2 N–H and O–H groups in total. The SMILES string of the molecule is CC(c1ccccc1CCN)C1CCCCC1. The zero-order valence-corrected chi connectivity index (χ0v) is 11.0. The van der Waals surface area contributed by atoms with Gasteiger partial charge in [0.2, 0.25) is 0 Å². The van der Waals surface area contributed by atoms with Crippen LogP contribution in [-0.4, -0.2) is 6.54 Å². The van der Waals surface area contributed by atoms with Crippen LogP contribution in [0.2, 0.25) is 0 Å². The zero-order chi connectivity index (χ0) is 12.1. The predicted molar refractivity (Wildman–Crippen MR) is 74.2 cm³/mol. The molecule has 1 nitrogen and oxygen atoms in total. The van der Waals surface area contributed by atoms with Gasteiger partial charge in [-0.3, -0.25) is 0 Å². The smallest absolute Gasteiger partial charge is 0.00366 e. The van der Waals surface area contributed by atoms with Crippen molar-refractivity contribution in [3.05, 3.63) is 35.4 Å². The monoisotopic (exact) mass is 231 g/mol. The predicted octanol–water partition coefficient (Wildman–Crippen LogP) is 3.87. The molecular formula is C16H25N. The molecule has 0 spiro atoms. The first-order valence-corrected chi connectivity index (χ1v) is 7.11. The van der Waals surface area contributed by atoms with Gasteiger partial charge in [-0.15, -0.1) is 0 Å². The van der Waals surface area contributed by atoms with Gasteiger partial charge in [-0.25, -0.2) is 0 Å². The molecule has 1 aliphatic rings. The van der Waals surface area contributed by atoms with E-state index in [4.69, 9.17) is 5.73 Å². The van der Waals surface area contributed by atoms with Gasteiger partial charge in [0.05, 0.1) is 0 Å². The topological polar surface area (TPSA) is 26.0 Å². The Labute approximate surface area is 105 Å². The Balaban J connectivity index is 2.14. The average Bonchev–Trinajstić information content (AvgIpc) is 2.40. The highest BCUT2D eigenvalue weighted by Crippen LogP contribution is 2.36. The molecule has 0 amide bonds. The second-order valence-corrected chi connectivity index (χ2v) is 5.42. The van der Waals surface area contributed by atoms with Gasteiger partial charge < -0.3 is 5.73 Å². The largest absolute Gasteiger partial charge is 0.330 e. The third kappa shape index (κ3) is 3.10. The highest BCUT2D eigenvalue weighted by Gasteiger charge is 2.22. The van der Waals surface area contributed by atoms with E-state index >= 15 is 0 Å². The van der Waals surface area contributed by atoms with Crippen molar-refractivity contribution >= 4 is 0 Å². The molecule has 1 unspecified atom stereocenters. The van der Waals surface area contributed by atoms with Crippen LogP contribution in [0.15, 0.2) is 24.3 Å². The molecule has 0 saturated heterocycles. The summed E-state index contributed by atoms with van der Waals surface area (Å²) in [7, 11) is 0. The number of rotatable bonds is 4. The first-order chi connectivity index (χ1) is 8.33. The van der Waals surface area contributed by atoms with Gasteiger partial charge >= 0.3 is 0 Å². The van der Waals surface area contributed by atoms with Crippen molar-refractivity contribution in [1.29, 1.82) is 0 Å². The van der Waals surface area contributed by atoms with Crippen molar-refractivity contribution in [2.24, 2.45) is 11.7 Å². The van der Waals surface area contributed by atoms with Crippen LogP contribution < -0.4 is 5.73 Å². The molecule has 1 aromatic carbocycles. The second kappa shape index (κ2) is 6.20. The van der Waals surface area contributed by atoms with E-state index in [1.54, 1.807) is 5.56 Å². The highest BCUT2D eigenvalue weighted by molar-refractivity contribution is 5.31. The van der Waals surface area contributed by atoms with Gasteiger partial charge in [0.25, 0.3) is 0 Å². The molecule has 0 aliphatic heterocycles. The fraction of sp³-hybridized carbons (Fsp3) is 0.625.